The largest absolute Gasteiger partial charge is 0.451 e. The third-order valence-corrected chi connectivity index (χ3v) is 3.82. The molecule has 0 fully saturated rings. The van der Waals surface area contributed by atoms with E-state index in [9.17, 15) is 14.4 Å². The lowest BCUT2D eigenvalue weighted by atomic mass is 10.2. The fraction of sp³-hybridized carbons (Fsp3) is 0.150. The van der Waals surface area contributed by atoms with Gasteiger partial charge in [0, 0.05) is 6.54 Å². The Hall–Kier alpha value is -4.01. The summed E-state index contributed by atoms with van der Waals surface area (Å²) >= 11 is 0. The lowest BCUT2D eigenvalue weighted by Crippen LogP contribution is -2.41. The van der Waals surface area contributed by atoms with E-state index in [0.717, 1.165) is 11.1 Å². The van der Waals surface area contributed by atoms with E-state index in [4.69, 9.17) is 4.74 Å². The Balaban J connectivity index is 1.40. The number of aromatic nitrogens is 3. The van der Waals surface area contributed by atoms with Crippen molar-refractivity contribution < 1.29 is 19.1 Å². The molecule has 1 heterocycles. The third kappa shape index (κ3) is 6.28. The molecule has 0 aliphatic rings. The van der Waals surface area contributed by atoms with Crippen molar-refractivity contribution in [2.24, 2.45) is 0 Å². The first-order chi connectivity index (χ1) is 14.1. The van der Waals surface area contributed by atoms with Crippen molar-refractivity contribution in [1.29, 1.82) is 0 Å². The Bertz CT molecular complexity index is 973. The summed E-state index contributed by atoms with van der Waals surface area (Å²) in [5.41, 5.74) is 1.86. The van der Waals surface area contributed by atoms with E-state index in [2.05, 4.69) is 20.9 Å². The molecule has 29 heavy (non-hydrogen) atoms. The Morgan fingerprint density at radius 2 is 1.59 bits per heavy atom. The highest BCUT2D eigenvalue weighted by molar-refractivity contribution is 5.96. The molecule has 0 radical (unpaired) electrons. The average molecular weight is 393 g/mol. The maximum Gasteiger partial charge on any atom is 0.361 e. The van der Waals surface area contributed by atoms with Gasteiger partial charge >= 0.3 is 12.0 Å². The summed E-state index contributed by atoms with van der Waals surface area (Å²) in [6.07, 6.45) is 1.43. The molecule has 3 aromatic rings. The van der Waals surface area contributed by atoms with Crippen molar-refractivity contribution in [3.8, 4) is 0 Å². The van der Waals surface area contributed by atoms with E-state index in [1.807, 2.05) is 60.7 Å². The van der Waals surface area contributed by atoms with Gasteiger partial charge in [-0.05, 0) is 11.1 Å². The molecule has 2 N–H and O–H groups in total. The van der Waals surface area contributed by atoms with Gasteiger partial charge in [0.2, 0.25) is 0 Å². The zero-order valence-corrected chi connectivity index (χ0v) is 15.4. The van der Waals surface area contributed by atoms with Crippen LogP contribution in [-0.2, 0) is 22.6 Å². The van der Waals surface area contributed by atoms with Crippen molar-refractivity contribution in [1.82, 2.24) is 25.6 Å². The van der Waals surface area contributed by atoms with Crippen LogP contribution in [-0.4, -0.2) is 39.5 Å². The molecule has 0 aliphatic heterocycles. The van der Waals surface area contributed by atoms with Gasteiger partial charge in [0.25, 0.3) is 5.91 Å². The summed E-state index contributed by atoms with van der Waals surface area (Å²) in [6, 6.07) is 18.1. The number of hydrogen-bond donors (Lipinski definition) is 2. The maximum atomic E-state index is 12.0. The highest BCUT2D eigenvalue weighted by atomic mass is 16.5. The number of imide groups is 1. The van der Waals surface area contributed by atoms with Crippen LogP contribution in [0.15, 0.2) is 66.9 Å². The van der Waals surface area contributed by atoms with Gasteiger partial charge < -0.3 is 10.1 Å². The minimum absolute atomic E-state index is 0.0257. The molecule has 9 heteroatoms. The average Bonchev–Trinajstić information content (AvgIpc) is 3.20. The lowest BCUT2D eigenvalue weighted by Gasteiger charge is -2.07. The molecular formula is C20H19N5O4. The molecular weight excluding hydrogens is 374 g/mol. The van der Waals surface area contributed by atoms with Crippen LogP contribution < -0.4 is 10.6 Å². The lowest BCUT2D eigenvalue weighted by molar-refractivity contribution is -0.123. The van der Waals surface area contributed by atoms with Gasteiger partial charge in [-0.1, -0.05) is 65.9 Å². The third-order valence-electron chi connectivity index (χ3n) is 3.82. The monoisotopic (exact) mass is 393 g/mol. The van der Waals surface area contributed by atoms with E-state index in [1.54, 1.807) is 0 Å². The van der Waals surface area contributed by atoms with Gasteiger partial charge in [-0.15, -0.1) is 5.10 Å². The highest BCUT2D eigenvalue weighted by Crippen LogP contribution is 2.03. The molecule has 0 aliphatic carbocycles. The number of nitrogens with zero attached hydrogens (tertiary/aromatic N) is 3. The number of urea groups is 1. The van der Waals surface area contributed by atoms with Gasteiger partial charge in [0.05, 0.1) is 12.7 Å². The van der Waals surface area contributed by atoms with Crippen LogP contribution in [0.5, 0.6) is 0 Å². The molecule has 148 valence electrons. The van der Waals surface area contributed by atoms with Crippen LogP contribution in [0.4, 0.5) is 4.79 Å². The minimum Gasteiger partial charge on any atom is -0.451 e. The van der Waals surface area contributed by atoms with Crippen LogP contribution in [0.25, 0.3) is 0 Å². The van der Waals surface area contributed by atoms with E-state index >= 15 is 0 Å². The number of benzene rings is 2. The van der Waals surface area contributed by atoms with E-state index in [-0.39, 0.29) is 12.2 Å². The second kappa shape index (κ2) is 9.79. The summed E-state index contributed by atoms with van der Waals surface area (Å²) in [6.45, 7) is 0.108. The van der Waals surface area contributed by atoms with E-state index in [0.29, 0.717) is 6.54 Å². The van der Waals surface area contributed by atoms with Crippen LogP contribution in [0.3, 0.4) is 0 Å². The fourth-order valence-corrected chi connectivity index (χ4v) is 2.43. The zero-order chi connectivity index (χ0) is 20.5. The van der Waals surface area contributed by atoms with Crippen LogP contribution in [0.2, 0.25) is 0 Å². The van der Waals surface area contributed by atoms with Crippen LogP contribution in [0, 0.1) is 0 Å². The first kappa shape index (κ1) is 19.7. The summed E-state index contributed by atoms with van der Waals surface area (Å²) in [5.74, 6) is -1.55. The molecule has 0 saturated carbocycles. The Morgan fingerprint density at radius 1 is 0.931 bits per heavy atom. The predicted octanol–water partition coefficient (Wildman–Crippen LogP) is 1.51. The molecule has 0 atom stereocenters. The first-order valence-electron chi connectivity index (χ1n) is 8.83. The van der Waals surface area contributed by atoms with Crippen molar-refractivity contribution in [3.05, 3.63) is 83.7 Å². The van der Waals surface area contributed by atoms with Crippen LogP contribution in [0.1, 0.15) is 21.6 Å². The fourth-order valence-electron chi connectivity index (χ4n) is 2.43. The van der Waals surface area contributed by atoms with Crippen LogP contribution >= 0.6 is 0 Å². The zero-order valence-electron chi connectivity index (χ0n) is 15.4. The van der Waals surface area contributed by atoms with Gasteiger partial charge in [-0.2, -0.15) is 0 Å². The predicted molar refractivity (Wildman–Crippen MR) is 103 cm³/mol. The van der Waals surface area contributed by atoms with Crippen molar-refractivity contribution in [2.45, 2.75) is 13.1 Å². The minimum atomic E-state index is -0.802. The van der Waals surface area contributed by atoms with Crippen molar-refractivity contribution >= 4 is 17.9 Å². The molecule has 0 saturated heterocycles. The summed E-state index contributed by atoms with van der Waals surface area (Å²) in [4.78, 5) is 35.5. The normalized spacial score (nSPS) is 10.2. The highest BCUT2D eigenvalue weighted by Gasteiger charge is 2.15. The number of amides is 3. The van der Waals surface area contributed by atoms with Crippen molar-refractivity contribution in [2.75, 3.05) is 6.61 Å². The first-order valence-corrected chi connectivity index (χ1v) is 8.83. The van der Waals surface area contributed by atoms with E-state index < -0.39 is 24.5 Å². The number of rotatable bonds is 7. The molecule has 9 nitrogen and oxygen atoms in total. The van der Waals surface area contributed by atoms with Crippen molar-refractivity contribution in [3.63, 3.8) is 0 Å². The van der Waals surface area contributed by atoms with Gasteiger partial charge in [0.1, 0.15) is 0 Å². The number of carbonyl (C=O) groups is 3. The number of carbonyl (C=O) groups excluding carboxylic acids is 3. The number of nitrogens with one attached hydrogen (secondary N) is 2. The second-order valence-corrected chi connectivity index (χ2v) is 6.08. The van der Waals surface area contributed by atoms with E-state index in [1.165, 1.54) is 10.9 Å². The second-order valence-electron chi connectivity index (χ2n) is 6.08. The quantitative estimate of drug-likeness (QED) is 0.588. The number of ether oxygens (including phenoxy) is 1. The maximum absolute atomic E-state index is 12.0. The Morgan fingerprint density at radius 3 is 2.28 bits per heavy atom. The van der Waals surface area contributed by atoms with Gasteiger partial charge in [-0.25, -0.2) is 14.3 Å². The summed E-state index contributed by atoms with van der Waals surface area (Å²) < 4.78 is 6.36. The molecule has 3 amide bonds. The van der Waals surface area contributed by atoms with Gasteiger partial charge in [0.15, 0.2) is 12.3 Å². The summed E-state index contributed by atoms with van der Waals surface area (Å²) in [7, 11) is 0. The standard InChI is InChI=1S/C20H19N5O4/c26-18(22-20(28)21-11-15-7-3-1-4-8-15)14-29-19(27)17-13-25(24-23-17)12-16-9-5-2-6-10-16/h1-10,13H,11-12,14H2,(H2,21,22,26,28). The molecule has 0 unspecified atom stereocenters. The summed E-state index contributed by atoms with van der Waals surface area (Å²) in [5, 5.41) is 12.2. The number of hydrogen-bond acceptors (Lipinski definition) is 6. The smallest absolute Gasteiger partial charge is 0.361 e. The molecule has 0 bridgehead atoms. The molecule has 0 spiro atoms. The molecule has 3 rings (SSSR count). The topological polar surface area (TPSA) is 115 Å². The Labute approximate surface area is 166 Å². The Kier molecular flexibility index (Phi) is 6.66. The SMILES string of the molecule is O=C(COC(=O)c1cn(Cc2ccccc2)nn1)NC(=O)NCc1ccccc1. The molecule has 1 aromatic heterocycles. The number of esters is 1. The molecule has 2 aromatic carbocycles. The van der Waals surface area contributed by atoms with Gasteiger partial charge in [-0.3, -0.25) is 10.1 Å².